The number of aromatic nitrogens is 2. The van der Waals surface area contributed by atoms with Crippen molar-refractivity contribution in [3.05, 3.63) is 47.3 Å². The molecule has 1 aromatic carbocycles. The van der Waals surface area contributed by atoms with E-state index in [1.165, 1.54) is 0 Å². The Morgan fingerprint density at radius 3 is 2.76 bits per heavy atom. The van der Waals surface area contributed by atoms with Crippen LogP contribution in [0.2, 0.25) is 0 Å². The van der Waals surface area contributed by atoms with Crippen molar-refractivity contribution in [1.29, 1.82) is 5.26 Å². The van der Waals surface area contributed by atoms with Crippen LogP contribution in [0.25, 0.3) is 6.08 Å². The van der Waals surface area contributed by atoms with E-state index in [0.29, 0.717) is 37.3 Å². The van der Waals surface area contributed by atoms with Crippen LogP contribution in [0.3, 0.4) is 0 Å². The van der Waals surface area contributed by atoms with E-state index < -0.39 is 17.4 Å². The van der Waals surface area contributed by atoms with Gasteiger partial charge in [-0.3, -0.25) is 4.68 Å². The number of nitrogens with one attached hydrogen (secondary N) is 2. The van der Waals surface area contributed by atoms with Gasteiger partial charge in [0.15, 0.2) is 12.0 Å². The van der Waals surface area contributed by atoms with Gasteiger partial charge in [-0.1, -0.05) is 12.1 Å². The number of piperidine rings is 1. The number of nitrogens with zero attached hydrogens (tertiary/aromatic N) is 4. The zero-order chi connectivity index (χ0) is 24.5. The number of nitriles is 1. The third-order valence-corrected chi connectivity index (χ3v) is 6.21. The maximum absolute atomic E-state index is 12.6. The summed E-state index contributed by atoms with van der Waals surface area (Å²) in [6.45, 7) is 8.46. The summed E-state index contributed by atoms with van der Waals surface area (Å²) in [5, 5.41) is 31.6. The largest absolute Gasteiger partial charge is 0.444 e. The molecular weight excluding hydrogens is 432 g/mol. The van der Waals surface area contributed by atoms with Crippen LogP contribution >= 0.6 is 0 Å². The molecule has 2 aliphatic rings. The monoisotopic (exact) mass is 464 g/mol. The minimum Gasteiger partial charge on any atom is -0.444 e. The van der Waals surface area contributed by atoms with Gasteiger partial charge in [0.2, 0.25) is 0 Å². The lowest BCUT2D eigenvalue weighted by Gasteiger charge is -2.41. The highest BCUT2D eigenvalue weighted by Gasteiger charge is 2.42. The maximum Gasteiger partial charge on any atom is 0.410 e. The van der Waals surface area contributed by atoms with Crippen molar-refractivity contribution in [1.82, 2.24) is 20.0 Å². The number of rotatable bonds is 4. The molecule has 1 unspecified atom stereocenters. The van der Waals surface area contributed by atoms with Gasteiger partial charge in [0.25, 0.3) is 0 Å². The lowest BCUT2D eigenvalue weighted by atomic mass is 9.84. The molecule has 2 aliphatic heterocycles. The molecule has 3 heterocycles. The standard InChI is InChI=1S/C25H32N6O3/c1-17-6-5-7-18(16-17)28-21-20-19(8-13-27-22(20)32)31(29-21)25(9-12-26)10-14-30(15-11-25)23(33)34-24(2,3)4/h5-8,13,16,22,27,32H,9-11,14-15H2,1-4H3,(H,28,29). The van der Waals surface area contributed by atoms with E-state index in [-0.39, 0.29) is 12.5 Å². The second-order valence-corrected chi connectivity index (χ2v) is 9.98. The fraction of sp³-hybridized carbons (Fsp3) is 0.480. The van der Waals surface area contributed by atoms with E-state index in [4.69, 9.17) is 9.84 Å². The Labute approximate surface area is 200 Å². The van der Waals surface area contributed by atoms with E-state index in [2.05, 4.69) is 16.7 Å². The molecule has 2 aromatic rings. The third-order valence-electron chi connectivity index (χ3n) is 6.21. The molecule has 1 fully saturated rings. The fourth-order valence-electron chi connectivity index (χ4n) is 4.53. The molecule has 4 rings (SSSR count). The average molecular weight is 465 g/mol. The predicted octanol–water partition coefficient (Wildman–Crippen LogP) is 4.14. The highest BCUT2D eigenvalue weighted by molar-refractivity contribution is 5.69. The number of ether oxygens (including phenoxy) is 1. The first-order valence-electron chi connectivity index (χ1n) is 11.5. The Kier molecular flexibility index (Phi) is 6.28. The topological polar surface area (TPSA) is 115 Å². The Balaban J connectivity index is 1.67. The number of carbonyl (C=O) groups excluding carboxylic acids is 1. The molecule has 0 aliphatic carbocycles. The van der Waals surface area contributed by atoms with Crippen LogP contribution in [0.5, 0.6) is 0 Å². The summed E-state index contributed by atoms with van der Waals surface area (Å²) < 4.78 is 7.40. The second kappa shape index (κ2) is 9.03. The molecule has 0 bridgehead atoms. The van der Waals surface area contributed by atoms with Crippen molar-refractivity contribution >= 4 is 23.7 Å². The number of benzene rings is 1. The summed E-state index contributed by atoms with van der Waals surface area (Å²) in [6, 6.07) is 10.2. The van der Waals surface area contributed by atoms with Crippen LogP contribution in [0.15, 0.2) is 30.5 Å². The molecule has 1 saturated heterocycles. The van der Waals surface area contributed by atoms with E-state index >= 15 is 0 Å². The summed E-state index contributed by atoms with van der Waals surface area (Å²) in [5.74, 6) is 0.539. The number of aliphatic hydroxyl groups excluding tert-OH is 1. The summed E-state index contributed by atoms with van der Waals surface area (Å²) in [4.78, 5) is 14.3. The Bertz CT molecular complexity index is 1130. The molecule has 1 aromatic heterocycles. The number of carbonyl (C=O) groups is 1. The highest BCUT2D eigenvalue weighted by Crippen LogP contribution is 2.40. The van der Waals surface area contributed by atoms with Gasteiger partial charge in [-0.25, -0.2) is 4.79 Å². The van der Waals surface area contributed by atoms with Gasteiger partial charge in [-0.15, -0.1) is 0 Å². The first-order chi connectivity index (χ1) is 16.1. The number of aliphatic hydroxyl groups is 1. The Hall–Kier alpha value is -3.51. The normalized spacial score (nSPS) is 19.1. The van der Waals surface area contributed by atoms with Crippen LogP contribution in [-0.4, -0.2) is 44.6 Å². The van der Waals surface area contributed by atoms with E-state index in [0.717, 1.165) is 16.9 Å². The van der Waals surface area contributed by atoms with Crippen molar-refractivity contribution in [3.63, 3.8) is 0 Å². The van der Waals surface area contributed by atoms with Crippen LogP contribution in [0.4, 0.5) is 16.3 Å². The van der Waals surface area contributed by atoms with E-state index in [9.17, 15) is 15.2 Å². The number of aryl methyl sites for hydroxylation is 1. The zero-order valence-electron chi connectivity index (χ0n) is 20.1. The van der Waals surface area contributed by atoms with Crippen LogP contribution < -0.4 is 10.6 Å². The van der Waals surface area contributed by atoms with Gasteiger partial charge in [-0.2, -0.15) is 10.4 Å². The quantitative estimate of drug-likeness (QED) is 0.623. The SMILES string of the molecule is Cc1cccc(Nc2nn(C3(CC#N)CCN(C(=O)OC(C)(C)C)CC3)c3c2C(O)NC=C3)c1. The first kappa shape index (κ1) is 23.6. The number of fused-ring (bicyclic) bond motifs is 1. The minimum absolute atomic E-state index is 0.241. The molecule has 9 heteroatoms. The van der Waals surface area contributed by atoms with Crippen LogP contribution in [0, 0.1) is 18.3 Å². The molecule has 0 saturated carbocycles. The second-order valence-electron chi connectivity index (χ2n) is 9.98. The summed E-state index contributed by atoms with van der Waals surface area (Å²) in [5.41, 5.74) is 2.18. The highest BCUT2D eigenvalue weighted by atomic mass is 16.6. The van der Waals surface area contributed by atoms with Crippen molar-refractivity contribution in [2.45, 2.75) is 64.3 Å². The van der Waals surface area contributed by atoms with Gasteiger partial charge >= 0.3 is 6.09 Å². The van der Waals surface area contributed by atoms with Crippen LogP contribution in [0.1, 0.15) is 63.1 Å². The number of likely N-dealkylation sites (tertiary alicyclic amines) is 1. The summed E-state index contributed by atoms with van der Waals surface area (Å²) in [7, 11) is 0. The van der Waals surface area contributed by atoms with Crippen molar-refractivity contribution in [2.24, 2.45) is 0 Å². The summed E-state index contributed by atoms with van der Waals surface area (Å²) in [6.07, 6.45) is 3.63. The third kappa shape index (κ3) is 4.73. The van der Waals surface area contributed by atoms with Gasteiger partial charge in [0, 0.05) is 25.0 Å². The van der Waals surface area contributed by atoms with E-state index in [1.54, 1.807) is 11.1 Å². The van der Waals surface area contributed by atoms with Crippen molar-refractivity contribution in [3.8, 4) is 6.07 Å². The first-order valence-corrected chi connectivity index (χ1v) is 11.5. The number of hydrogen-bond donors (Lipinski definition) is 3. The molecule has 34 heavy (non-hydrogen) atoms. The molecule has 9 nitrogen and oxygen atoms in total. The van der Waals surface area contributed by atoms with Gasteiger partial charge in [-0.05, 0) is 64.3 Å². The molecule has 180 valence electrons. The lowest BCUT2D eigenvalue weighted by Crippen LogP contribution is -2.49. The number of hydrogen-bond acceptors (Lipinski definition) is 7. The van der Waals surface area contributed by atoms with Gasteiger partial charge < -0.3 is 25.4 Å². The molecule has 3 N–H and O–H groups in total. The Morgan fingerprint density at radius 1 is 1.38 bits per heavy atom. The minimum atomic E-state index is -0.929. The predicted molar refractivity (Wildman–Crippen MR) is 129 cm³/mol. The van der Waals surface area contributed by atoms with Gasteiger partial charge in [0.05, 0.1) is 29.3 Å². The van der Waals surface area contributed by atoms with Crippen molar-refractivity contribution < 1.29 is 14.6 Å². The van der Waals surface area contributed by atoms with E-state index in [1.807, 2.05) is 62.7 Å². The number of amides is 1. The zero-order valence-corrected chi connectivity index (χ0v) is 20.1. The maximum atomic E-state index is 12.6. The molecule has 1 atom stereocenters. The summed E-state index contributed by atoms with van der Waals surface area (Å²) >= 11 is 0. The number of anilines is 2. The average Bonchev–Trinajstić information content (AvgIpc) is 3.13. The smallest absolute Gasteiger partial charge is 0.410 e. The lowest BCUT2D eigenvalue weighted by molar-refractivity contribution is 0.0104. The molecule has 0 spiro atoms. The molecular formula is C25H32N6O3. The molecule has 1 amide bonds. The van der Waals surface area contributed by atoms with Crippen molar-refractivity contribution in [2.75, 3.05) is 18.4 Å². The Morgan fingerprint density at radius 2 is 2.12 bits per heavy atom. The van der Waals surface area contributed by atoms with Gasteiger partial charge in [0.1, 0.15) is 5.60 Å². The molecule has 0 radical (unpaired) electrons. The fourth-order valence-corrected chi connectivity index (χ4v) is 4.53. The van der Waals surface area contributed by atoms with Crippen LogP contribution in [-0.2, 0) is 10.3 Å².